The molecular weight excluding hydrogens is 258 g/mol. The highest BCUT2D eigenvalue weighted by Gasteiger charge is 2.17. The summed E-state index contributed by atoms with van der Waals surface area (Å²) >= 11 is 1.46. The third-order valence-electron chi connectivity index (χ3n) is 3.55. The molecule has 0 unspecified atom stereocenters. The van der Waals surface area contributed by atoms with Crippen molar-refractivity contribution in [2.45, 2.75) is 38.1 Å². The van der Waals surface area contributed by atoms with E-state index in [-0.39, 0.29) is 5.91 Å². The first-order valence-corrected chi connectivity index (χ1v) is 7.47. The lowest BCUT2D eigenvalue weighted by atomic mass is 10.1. The van der Waals surface area contributed by atoms with Gasteiger partial charge in [0, 0.05) is 6.04 Å². The largest absolute Gasteiger partial charge is 0.375 e. The molecule has 1 heterocycles. The van der Waals surface area contributed by atoms with Crippen molar-refractivity contribution in [3.8, 4) is 0 Å². The van der Waals surface area contributed by atoms with Crippen molar-refractivity contribution in [1.29, 1.82) is 0 Å². The van der Waals surface area contributed by atoms with E-state index in [0.717, 1.165) is 28.6 Å². The Kier molecular flexibility index (Phi) is 3.38. The SMILES string of the molecule is Nc1nc2ccc(CC(=O)NC3CCCC3)cc2s1. The lowest BCUT2D eigenvalue weighted by molar-refractivity contribution is -0.121. The Labute approximate surface area is 116 Å². The average molecular weight is 275 g/mol. The van der Waals surface area contributed by atoms with Crippen LogP contribution in [0.4, 0.5) is 5.13 Å². The second-order valence-corrected chi connectivity index (χ2v) is 6.14. The molecule has 0 atom stereocenters. The van der Waals surface area contributed by atoms with Crippen LogP contribution in [-0.4, -0.2) is 16.9 Å². The molecule has 3 N–H and O–H groups in total. The molecule has 1 amide bonds. The number of thiazole rings is 1. The fourth-order valence-electron chi connectivity index (χ4n) is 2.63. The van der Waals surface area contributed by atoms with Gasteiger partial charge in [-0.15, -0.1) is 0 Å². The summed E-state index contributed by atoms with van der Waals surface area (Å²) in [6.07, 6.45) is 5.14. The van der Waals surface area contributed by atoms with Crippen molar-refractivity contribution < 1.29 is 4.79 Å². The van der Waals surface area contributed by atoms with E-state index < -0.39 is 0 Å². The van der Waals surface area contributed by atoms with E-state index in [1.54, 1.807) is 0 Å². The predicted octanol–water partition coefficient (Wildman–Crippen LogP) is 2.48. The maximum atomic E-state index is 12.0. The Morgan fingerprint density at radius 3 is 3.00 bits per heavy atom. The average Bonchev–Trinajstić information content (AvgIpc) is 2.96. The summed E-state index contributed by atoms with van der Waals surface area (Å²) in [4.78, 5) is 16.2. The second kappa shape index (κ2) is 5.17. The smallest absolute Gasteiger partial charge is 0.224 e. The summed E-state index contributed by atoms with van der Waals surface area (Å²) < 4.78 is 1.05. The maximum absolute atomic E-state index is 12.0. The van der Waals surface area contributed by atoms with Gasteiger partial charge in [-0.2, -0.15) is 0 Å². The van der Waals surface area contributed by atoms with Gasteiger partial charge in [0.15, 0.2) is 5.13 Å². The predicted molar refractivity (Wildman–Crippen MR) is 78.1 cm³/mol. The number of nitrogens with one attached hydrogen (secondary N) is 1. The van der Waals surface area contributed by atoms with Crippen LogP contribution in [0, 0.1) is 0 Å². The molecule has 0 radical (unpaired) electrons. The molecule has 1 fully saturated rings. The lowest BCUT2D eigenvalue weighted by Gasteiger charge is -2.11. The maximum Gasteiger partial charge on any atom is 0.224 e. The molecule has 1 aromatic heterocycles. The van der Waals surface area contributed by atoms with Crippen LogP contribution in [0.3, 0.4) is 0 Å². The highest BCUT2D eigenvalue weighted by Crippen LogP contribution is 2.25. The van der Waals surface area contributed by atoms with Crippen LogP contribution in [-0.2, 0) is 11.2 Å². The number of nitrogens with two attached hydrogens (primary N) is 1. The number of rotatable bonds is 3. The molecule has 4 nitrogen and oxygen atoms in total. The zero-order chi connectivity index (χ0) is 13.2. The fourth-order valence-corrected chi connectivity index (χ4v) is 3.43. The minimum Gasteiger partial charge on any atom is -0.375 e. The molecule has 0 bridgehead atoms. The highest BCUT2D eigenvalue weighted by atomic mass is 32.1. The Morgan fingerprint density at radius 1 is 1.42 bits per heavy atom. The molecule has 3 rings (SSSR count). The van der Waals surface area contributed by atoms with Crippen molar-refractivity contribution >= 4 is 32.6 Å². The van der Waals surface area contributed by atoms with Crippen LogP contribution >= 0.6 is 11.3 Å². The molecule has 1 saturated carbocycles. The molecule has 0 aliphatic heterocycles. The van der Waals surface area contributed by atoms with E-state index >= 15 is 0 Å². The number of hydrogen-bond donors (Lipinski definition) is 2. The van der Waals surface area contributed by atoms with Gasteiger partial charge in [-0.3, -0.25) is 4.79 Å². The van der Waals surface area contributed by atoms with Gasteiger partial charge in [0.05, 0.1) is 16.6 Å². The number of fused-ring (bicyclic) bond motifs is 1. The van der Waals surface area contributed by atoms with Crippen LogP contribution in [0.1, 0.15) is 31.2 Å². The molecule has 1 aliphatic carbocycles. The standard InChI is InChI=1S/C14H17N3OS/c15-14-17-11-6-5-9(7-12(11)19-14)8-13(18)16-10-3-1-2-4-10/h5-7,10H,1-4,8H2,(H2,15,17)(H,16,18). The minimum absolute atomic E-state index is 0.115. The Balaban J connectivity index is 1.68. The van der Waals surface area contributed by atoms with Crippen molar-refractivity contribution in [3.63, 3.8) is 0 Å². The second-order valence-electron chi connectivity index (χ2n) is 5.08. The van der Waals surface area contributed by atoms with E-state index in [4.69, 9.17) is 5.73 Å². The molecule has 19 heavy (non-hydrogen) atoms. The zero-order valence-electron chi connectivity index (χ0n) is 10.7. The molecule has 1 aromatic carbocycles. The number of nitrogen functional groups attached to an aromatic ring is 1. The van der Waals surface area contributed by atoms with Gasteiger partial charge in [0.25, 0.3) is 0 Å². The van der Waals surface area contributed by atoms with Gasteiger partial charge in [-0.05, 0) is 30.5 Å². The van der Waals surface area contributed by atoms with Crippen molar-refractivity contribution in [2.24, 2.45) is 0 Å². The van der Waals surface area contributed by atoms with E-state index in [9.17, 15) is 4.79 Å². The summed E-state index contributed by atoms with van der Waals surface area (Å²) in [7, 11) is 0. The number of carbonyl (C=O) groups is 1. The van der Waals surface area contributed by atoms with Crippen molar-refractivity contribution in [3.05, 3.63) is 23.8 Å². The Hall–Kier alpha value is -1.62. The van der Waals surface area contributed by atoms with Crippen molar-refractivity contribution in [1.82, 2.24) is 10.3 Å². The minimum atomic E-state index is 0.115. The van der Waals surface area contributed by atoms with Gasteiger partial charge >= 0.3 is 0 Å². The molecule has 2 aromatic rings. The fraction of sp³-hybridized carbons (Fsp3) is 0.429. The van der Waals surface area contributed by atoms with E-state index in [2.05, 4.69) is 10.3 Å². The Morgan fingerprint density at radius 2 is 2.21 bits per heavy atom. The van der Waals surface area contributed by atoms with Crippen LogP contribution in [0.15, 0.2) is 18.2 Å². The lowest BCUT2D eigenvalue weighted by Crippen LogP contribution is -2.33. The number of nitrogens with zero attached hydrogens (tertiary/aromatic N) is 1. The summed E-state index contributed by atoms with van der Waals surface area (Å²) in [5, 5.41) is 3.68. The summed E-state index contributed by atoms with van der Waals surface area (Å²) in [5.74, 6) is 0.115. The van der Waals surface area contributed by atoms with Gasteiger partial charge in [-0.25, -0.2) is 4.98 Å². The summed E-state index contributed by atoms with van der Waals surface area (Å²) in [6.45, 7) is 0. The van der Waals surface area contributed by atoms with E-state index in [1.165, 1.54) is 24.2 Å². The third kappa shape index (κ3) is 2.87. The molecule has 1 aliphatic rings. The number of hydrogen-bond acceptors (Lipinski definition) is 4. The monoisotopic (exact) mass is 275 g/mol. The van der Waals surface area contributed by atoms with Crippen LogP contribution in [0.25, 0.3) is 10.2 Å². The molecular formula is C14H17N3OS. The van der Waals surface area contributed by atoms with Crippen LogP contribution < -0.4 is 11.1 Å². The summed E-state index contributed by atoms with van der Waals surface area (Å²) in [5.41, 5.74) is 7.60. The topological polar surface area (TPSA) is 68.0 Å². The van der Waals surface area contributed by atoms with Gasteiger partial charge < -0.3 is 11.1 Å². The van der Waals surface area contributed by atoms with Crippen LogP contribution in [0.2, 0.25) is 0 Å². The molecule has 5 heteroatoms. The van der Waals surface area contributed by atoms with E-state index in [0.29, 0.717) is 17.6 Å². The first kappa shape index (κ1) is 12.4. The number of aromatic nitrogens is 1. The normalized spacial score (nSPS) is 16.0. The zero-order valence-corrected chi connectivity index (χ0v) is 11.5. The number of amides is 1. The first-order chi connectivity index (χ1) is 9.20. The molecule has 100 valence electrons. The van der Waals surface area contributed by atoms with Gasteiger partial charge in [0.2, 0.25) is 5.91 Å². The number of benzene rings is 1. The number of carbonyl (C=O) groups excluding carboxylic acids is 1. The van der Waals surface area contributed by atoms with Crippen molar-refractivity contribution in [2.75, 3.05) is 5.73 Å². The molecule has 0 saturated heterocycles. The quantitative estimate of drug-likeness (QED) is 0.904. The molecule has 0 spiro atoms. The van der Waals surface area contributed by atoms with E-state index in [1.807, 2.05) is 18.2 Å². The number of anilines is 1. The summed E-state index contributed by atoms with van der Waals surface area (Å²) in [6, 6.07) is 6.28. The Bertz CT molecular complexity index is 602. The first-order valence-electron chi connectivity index (χ1n) is 6.65. The van der Waals surface area contributed by atoms with Gasteiger partial charge in [0.1, 0.15) is 0 Å². The van der Waals surface area contributed by atoms with Gasteiger partial charge in [-0.1, -0.05) is 30.2 Å². The third-order valence-corrected chi connectivity index (χ3v) is 4.40. The highest BCUT2D eigenvalue weighted by molar-refractivity contribution is 7.22. The van der Waals surface area contributed by atoms with Crippen LogP contribution in [0.5, 0.6) is 0 Å².